The van der Waals surface area contributed by atoms with Crippen LogP contribution in [0.25, 0.3) is 0 Å². The molecule has 0 bridgehead atoms. The Morgan fingerprint density at radius 1 is 0.833 bits per heavy atom. The van der Waals surface area contributed by atoms with E-state index in [1.54, 1.807) is 6.07 Å². The van der Waals surface area contributed by atoms with Crippen LogP contribution in [0.3, 0.4) is 0 Å². The van der Waals surface area contributed by atoms with Crippen molar-refractivity contribution in [2.75, 3.05) is 6.79 Å². The van der Waals surface area contributed by atoms with Crippen LogP contribution < -0.4 is 43.9 Å². The van der Waals surface area contributed by atoms with Gasteiger partial charge in [0.1, 0.15) is 5.82 Å². The maximum atomic E-state index is 5.65. The molecule has 12 N–H and O–H groups in total. The van der Waals surface area contributed by atoms with Crippen LogP contribution in [0, 0.1) is 0 Å². The van der Waals surface area contributed by atoms with Gasteiger partial charge in [-0.3, -0.25) is 34.4 Å². The number of hydrogen-bond donors (Lipinski definition) is 6. The molecule has 2 heterocycles. The van der Waals surface area contributed by atoms with Crippen LogP contribution in [0.5, 0.6) is 11.5 Å². The second-order valence-corrected chi connectivity index (χ2v) is 5.63. The van der Waals surface area contributed by atoms with Crippen molar-refractivity contribution in [3.8, 4) is 11.5 Å². The van der Waals surface area contributed by atoms with Gasteiger partial charge in [0.25, 0.3) is 0 Å². The Balaban J connectivity index is 1.97. The summed E-state index contributed by atoms with van der Waals surface area (Å²) in [6.07, 6.45) is 0.311. The van der Waals surface area contributed by atoms with E-state index in [9.17, 15) is 0 Å². The lowest BCUT2D eigenvalue weighted by Gasteiger charge is -2.22. The first kappa shape index (κ1) is 16.4. The molecular weight excluding hydrogens is 314 g/mol. The highest BCUT2D eigenvalue weighted by molar-refractivity contribution is 5.45. The minimum atomic E-state index is -1.79. The average Bonchev–Trinajstić information content (AvgIpc) is 2.92. The molecule has 1 aliphatic rings. The van der Waals surface area contributed by atoms with Crippen LogP contribution in [0.4, 0.5) is 0 Å². The van der Waals surface area contributed by atoms with Gasteiger partial charge in [0.2, 0.25) is 6.79 Å². The molecule has 128 valence electrons. The van der Waals surface area contributed by atoms with Gasteiger partial charge in [0.05, 0.1) is 0 Å². The zero-order valence-corrected chi connectivity index (χ0v) is 12.8. The van der Waals surface area contributed by atoms with E-state index >= 15 is 0 Å². The fraction of sp³-hybridized carbons (Fsp3) is 0.308. The van der Waals surface area contributed by atoms with Gasteiger partial charge in [0.15, 0.2) is 34.7 Å². The number of rotatable bonds is 4. The van der Waals surface area contributed by atoms with E-state index in [1.165, 1.54) is 0 Å². The highest BCUT2D eigenvalue weighted by Gasteiger charge is 2.27. The van der Waals surface area contributed by atoms with Crippen LogP contribution in [0.2, 0.25) is 0 Å². The summed E-state index contributed by atoms with van der Waals surface area (Å²) in [5.41, 5.74) is 34.7. The highest BCUT2D eigenvalue weighted by atomic mass is 16.7. The summed E-state index contributed by atoms with van der Waals surface area (Å²) in [7, 11) is 0. The maximum Gasteiger partial charge on any atom is 0.231 e. The number of ether oxygens (including phenoxy) is 2. The van der Waals surface area contributed by atoms with E-state index in [4.69, 9.17) is 43.9 Å². The molecule has 0 fully saturated rings. The van der Waals surface area contributed by atoms with Crippen LogP contribution in [-0.2, 0) is 18.0 Å². The molecule has 2 aromatic rings. The number of aromatic nitrogens is 3. The molecule has 0 saturated heterocycles. The van der Waals surface area contributed by atoms with Crippen LogP contribution >= 0.6 is 0 Å². The first-order valence-electron chi connectivity index (χ1n) is 7.00. The van der Waals surface area contributed by atoms with E-state index in [2.05, 4.69) is 15.0 Å². The van der Waals surface area contributed by atoms with Crippen molar-refractivity contribution in [2.24, 2.45) is 34.4 Å². The fourth-order valence-corrected chi connectivity index (χ4v) is 2.12. The van der Waals surface area contributed by atoms with E-state index in [1.807, 2.05) is 12.1 Å². The lowest BCUT2D eigenvalue weighted by molar-refractivity contribution is 0.174. The molecule has 24 heavy (non-hydrogen) atoms. The molecule has 1 aromatic carbocycles. The molecule has 11 heteroatoms. The molecule has 0 amide bonds. The molecular formula is C13H19N9O2. The molecule has 0 spiro atoms. The summed E-state index contributed by atoms with van der Waals surface area (Å²) in [5, 5.41) is 0. The second-order valence-electron chi connectivity index (χ2n) is 5.63. The molecule has 0 saturated carbocycles. The Morgan fingerprint density at radius 3 is 2.00 bits per heavy atom. The van der Waals surface area contributed by atoms with Gasteiger partial charge < -0.3 is 9.47 Å². The van der Waals surface area contributed by atoms with Crippen molar-refractivity contribution >= 4 is 0 Å². The molecule has 1 aromatic heterocycles. The molecule has 3 rings (SSSR count). The summed E-state index contributed by atoms with van der Waals surface area (Å²) >= 11 is 0. The second kappa shape index (κ2) is 5.59. The molecule has 0 radical (unpaired) electrons. The van der Waals surface area contributed by atoms with E-state index in [0.717, 1.165) is 5.56 Å². The Labute approximate surface area is 137 Å². The molecule has 1 aliphatic heterocycles. The summed E-state index contributed by atoms with van der Waals surface area (Å²) in [5.74, 6) is -2.10. The smallest absolute Gasteiger partial charge is 0.231 e. The van der Waals surface area contributed by atoms with Crippen molar-refractivity contribution < 1.29 is 9.47 Å². The standard InChI is InChI=1S/C13H19N9O2/c14-12(15,16)10-20-9(21-11(22-10)13(17,18)19)4-6-1-2-7-8(3-6)24-5-23-7/h1-3H,4-5,14-19H2. The number of hydrogen-bond acceptors (Lipinski definition) is 11. The van der Waals surface area contributed by atoms with Crippen molar-refractivity contribution in [1.29, 1.82) is 0 Å². The summed E-state index contributed by atoms with van der Waals surface area (Å²) in [6, 6.07) is 5.45. The maximum absolute atomic E-state index is 5.65. The highest BCUT2D eigenvalue weighted by Crippen LogP contribution is 2.32. The monoisotopic (exact) mass is 333 g/mol. The van der Waals surface area contributed by atoms with Crippen molar-refractivity contribution in [2.45, 2.75) is 18.0 Å². The lowest BCUT2D eigenvalue weighted by Crippen LogP contribution is -2.58. The number of benzene rings is 1. The van der Waals surface area contributed by atoms with Crippen LogP contribution in [-0.4, -0.2) is 21.7 Å². The predicted molar refractivity (Wildman–Crippen MR) is 83.7 cm³/mol. The Bertz CT molecular complexity index is 735. The first-order valence-corrected chi connectivity index (χ1v) is 7.00. The zero-order chi connectivity index (χ0) is 17.5. The van der Waals surface area contributed by atoms with Crippen molar-refractivity contribution in [3.05, 3.63) is 41.2 Å². The molecule has 0 aliphatic carbocycles. The summed E-state index contributed by atoms with van der Waals surface area (Å²) in [6.45, 7) is 0.185. The SMILES string of the molecule is NC(N)(N)c1nc(Cc2ccc3c(c2)OCO3)nc(C(N)(N)N)n1. The predicted octanol–water partition coefficient (Wildman–Crippen LogP) is -2.84. The topological polar surface area (TPSA) is 213 Å². The largest absolute Gasteiger partial charge is 0.454 e. The van der Waals surface area contributed by atoms with Gasteiger partial charge in [-0.05, 0) is 17.7 Å². The third-order valence-electron chi connectivity index (χ3n) is 3.26. The van der Waals surface area contributed by atoms with Gasteiger partial charge in [-0.25, -0.2) is 15.0 Å². The zero-order valence-electron chi connectivity index (χ0n) is 12.8. The average molecular weight is 333 g/mol. The van der Waals surface area contributed by atoms with Crippen molar-refractivity contribution in [3.63, 3.8) is 0 Å². The summed E-state index contributed by atoms with van der Waals surface area (Å²) < 4.78 is 10.6. The molecule has 0 unspecified atom stereocenters. The van der Waals surface area contributed by atoms with Gasteiger partial charge in [-0.1, -0.05) is 6.07 Å². The minimum absolute atomic E-state index is 0.0750. The Kier molecular flexibility index (Phi) is 3.83. The van der Waals surface area contributed by atoms with E-state index in [0.29, 0.717) is 23.7 Å². The van der Waals surface area contributed by atoms with E-state index in [-0.39, 0.29) is 18.4 Å². The normalized spacial score (nSPS) is 14.1. The quantitative estimate of drug-likeness (QED) is 0.313. The molecule has 11 nitrogen and oxygen atoms in total. The van der Waals surface area contributed by atoms with Crippen molar-refractivity contribution in [1.82, 2.24) is 15.0 Å². The lowest BCUT2D eigenvalue weighted by atomic mass is 10.1. The number of nitrogens with two attached hydrogens (primary N) is 6. The third kappa shape index (κ3) is 3.41. The molecule has 0 atom stereocenters. The summed E-state index contributed by atoms with van der Waals surface area (Å²) in [4.78, 5) is 12.3. The number of nitrogens with zero attached hydrogens (tertiary/aromatic N) is 3. The van der Waals surface area contributed by atoms with Crippen LogP contribution in [0.1, 0.15) is 23.0 Å². The van der Waals surface area contributed by atoms with Gasteiger partial charge >= 0.3 is 0 Å². The third-order valence-corrected chi connectivity index (χ3v) is 3.26. The van der Waals surface area contributed by atoms with Crippen LogP contribution in [0.15, 0.2) is 18.2 Å². The fourth-order valence-electron chi connectivity index (χ4n) is 2.12. The Hall–Kier alpha value is -2.41. The minimum Gasteiger partial charge on any atom is -0.454 e. The first-order chi connectivity index (χ1) is 11.1. The van der Waals surface area contributed by atoms with Gasteiger partial charge in [-0.15, -0.1) is 0 Å². The van der Waals surface area contributed by atoms with Gasteiger partial charge in [-0.2, -0.15) is 0 Å². The van der Waals surface area contributed by atoms with E-state index < -0.39 is 11.6 Å². The number of fused-ring (bicyclic) bond motifs is 1. The Morgan fingerprint density at radius 2 is 1.42 bits per heavy atom. The van der Waals surface area contributed by atoms with Gasteiger partial charge in [0, 0.05) is 6.42 Å².